The first-order valence-electron chi connectivity index (χ1n) is 5.52. The standard InChI is InChI=1S/C14H14FNO/c1-10(11-6-8-16-9-7-11)14(17)12-2-4-13(15)5-3-12/h2-10,14,17H,1H3. The number of pyridine rings is 1. The van der Waals surface area contributed by atoms with E-state index in [1.165, 1.54) is 12.1 Å². The molecule has 0 bridgehead atoms. The molecule has 2 atom stereocenters. The Kier molecular flexibility index (Phi) is 3.49. The second-order valence-corrected chi connectivity index (χ2v) is 4.07. The molecule has 0 aliphatic heterocycles. The molecule has 88 valence electrons. The van der Waals surface area contributed by atoms with Crippen molar-refractivity contribution in [3.63, 3.8) is 0 Å². The van der Waals surface area contributed by atoms with Crippen molar-refractivity contribution in [2.24, 2.45) is 0 Å². The first kappa shape index (κ1) is 11.7. The average molecular weight is 231 g/mol. The van der Waals surface area contributed by atoms with Crippen LogP contribution in [0, 0.1) is 5.82 Å². The third-order valence-corrected chi connectivity index (χ3v) is 2.92. The highest BCUT2D eigenvalue weighted by Crippen LogP contribution is 2.29. The summed E-state index contributed by atoms with van der Waals surface area (Å²) in [7, 11) is 0. The van der Waals surface area contributed by atoms with Crippen LogP contribution in [0.25, 0.3) is 0 Å². The van der Waals surface area contributed by atoms with Gasteiger partial charge in [-0.25, -0.2) is 4.39 Å². The fourth-order valence-corrected chi connectivity index (χ4v) is 1.80. The fraction of sp³-hybridized carbons (Fsp3) is 0.214. The zero-order chi connectivity index (χ0) is 12.3. The normalized spacial score (nSPS) is 14.3. The van der Waals surface area contributed by atoms with E-state index in [4.69, 9.17) is 0 Å². The molecule has 2 aromatic rings. The summed E-state index contributed by atoms with van der Waals surface area (Å²) in [6.07, 6.45) is 2.75. The van der Waals surface area contributed by atoms with E-state index in [0.717, 1.165) is 11.1 Å². The summed E-state index contributed by atoms with van der Waals surface area (Å²) in [4.78, 5) is 3.94. The monoisotopic (exact) mass is 231 g/mol. The Bertz CT molecular complexity index is 469. The van der Waals surface area contributed by atoms with Gasteiger partial charge in [0.05, 0.1) is 6.10 Å². The SMILES string of the molecule is CC(c1ccncc1)C(O)c1ccc(F)cc1. The molecule has 0 radical (unpaired) electrons. The summed E-state index contributed by atoms with van der Waals surface area (Å²) in [6, 6.07) is 9.68. The van der Waals surface area contributed by atoms with E-state index >= 15 is 0 Å². The average Bonchev–Trinajstić information content (AvgIpc) is 2.39. The zero-order valence-corrected chi connectivity index (χ0v) is 9.55. The van der Waals surface area contributed by atoms with Gasteiger partial charge in [-0.3, -0.25) is 4.98 Å². The maximum atomic E-state index is 12.8. The molecule has 1 heterocycles. The van der Waals surface area contributed by atoms with Gasteiger partial charge in [0.2, 0.25) is 0 Å². The van der Waals surface area contributed by atoms with Crippen molar-refractivity contribution >= 4 is 0 Å². The second kappa shape index (κ2) is 5.06. The number of hydrogen-bond donors (Lipinski definition) is 1. The topological polar surface area (TPSA) is 33.1 Å². The molecule has 17 heavy (non-hydrogen) atoms. The Morgan fingerprint density at radius 2 is 1.59 bits per heavy atom. The Labute approximate surface area is 99.8 Å². The highest BCUT2D eigenvalue weighted by atomic mass is 19.1. The lowest BCUT2D eigenvalue weighted by Gasteiger charge is -2.19. The third-order valence-electron chi connectivity index (χ3n) is 2.92. The number of aromatic nitrogens is 1. The maximum absolute atomic E-state index is 12.8. The van der Waals surface area contributed by atoms with Gasteiger partial charge in [0.15, 0.2) is 0 Å². The van der Waals surface area contributed by atoms with Gasteiger partial charge in [-0.1, -0.05) is 19.1 Å². The van der Waals surface area contributed by atoms with Crippen LogP contribution in [0.15, 0.2) is 48.8 Å². The number of nitrogens with zero attached hydrogens (tertiary/aromatic N) is 1. The summed E-state index contributed by atoms with van der Waals surface area (Å²) < 4.78 is 12.8. The van der Waals surface area contributed by atoms with Gasteiger partial charge >= 0.3 is 0 Å². The molecule has 1 aromatic carbocycles. The third kappa shape index (κ3) is 2.68. The molecule has 0 aliphatic rings. The van der Waals surface area contributed by atoms with Crippen molar-refractivity contribution in [3.05, 3.63) is 65.7 Å². The molecule has 3 heteroatoms. The predicted molar refractivity (Wildman–Crippen MR) is 64.0 cm³/mol. The van der Waals surface area contributed by atoms with Gasteiger partial charge in [0, 0.05) is 18.3 Å². The minimum Gasteiger partial charge on any atom is -0.388 e. The van der Waals surface area contributed by atoms with Crippen molar-refractivity contribution in [1.29, 1.82) is 0 Å². The molecule has 2 nitrogen and oxygen atoms in total. The Hall–Kier alpha value is -1.74. The van der Waals surface area contributed by atoms with E-state index in [2.05, 4.69) is 4.98 Å². The first-order chi connectivity index (χ1) is 8.18. The lowest BCUT2D eigenvalue weighted by Crippen LogP contribution is -2.07. The van der Waals surface area contributed by atoms with Crippen LogP contribution in [-0.2, 0) is 0 Å². The Morgan fingerprint density at radius 3 is 2.18 bits per heavy atom. The Morgan fingerprint density at radius 1 is 1.00 bits per heavy atom. The van der Waals surface area contributed by atoms with Gasteiger partial charge in [-0.15, -0.1) is 0 Å². The number of hydrogen-bond acceptors (Lipinski definition) is 2. The lowest BCUT2D eigenvalue weighted by atomic mass is 9.91. The molecule has 2 unspecified atom stereocenters. The molecule has 0 amide bonds. The number of aliphatic hydroxyl groups is 1. The molecule has 0 fully saturated rings. The van der Waals surface area contributed by atoms with Gasteiger partial charge in [0.25, 0.3) is 0 Å². The van der Waals surface area contributed by atoms with E-state index in [-0.39, 0.29) is 11.7 Å². The van der Waals surface area contributed by atoms with Crippen molar-refractivity contribution < 1.29 is 9.50 Å². The molecule has 1 N–H and O–H groups in total. The maximum Gasteiger partial charge on any atom is 0.123 e. The van der Waals surface area contributed by atoms with E-state index in [1.54, 1.807) is 24.5 Å². The highest BCUT2D eigenvalue weighted by molar-refractivity contribution is 5.25. The quantitative estimate of drug-likeness (QED) is 0.880. The number of aliphatic hydroxyl groups excluding tert-OH is 1. The number of benzene rings is 1. The molecular weight excluding hydrogens is 217 g/mol. The van der Waals surface area contributed by atoms with Gasteiger partial charge in [0.1, 0.15) is 5.82 Å². The summed E-state index contributed by atoms with van der Waals surface area (Å²) in [5.41, 5.74) is 1.73. The van der Waals surface area contributed by atoms with Crippen LogP contribution in [0.5, 0.6) is 0 Å². The lowest BCUT2D eigenvalue weighted by molar-refractivity contribution is 0.151. The summed E-state index contributed by atoms with van der Waals surface area (Å²) in [5.74, 6) is -0.346. The number of rotatable bonds is 3. The largest absolute Gasteiger partial charge is 0.388 e. The number of halogens is 1. The summed E-state index contributed by atoms with van der Waals surface area (Å²) >= 11 is 0. The molecule has 0 aliphatic carbocycles. The van der Waals surface area contributed by atoms with E-state index < -0.39 is 6.10 Å². The zero-order valence-electron chi connectivity index (χ0n) is 9.55. The van der Waals surface area contributed by atoms with Crippen LogP contribution in [0.3, 0.4) is 0 Å². The van der Waals surface area contributed by atoms with E-state index in [0.29, 0.717) is 0 Å². The Balaban J connectivity index is 2.20. The molecule has 0 saturated heterocycles. The molecule has 2 rings (SSSR count). The van der Waals surface area contributed by atoms with E-state index in [9.17, 15) is 9.50 Å². The van der Waals surface area contributed by atoms with Crippen molar-refractivity contribution in [2.45, 2.75) is 18.9 Å². The van der Waals surface area contributed by atoms with Crippen LogP contribution in [0.2, 0.25) is 0 Å². The highest BCUT2D eigenvalue weighted by Gasteiger charge is 2.17. The fourth-order valence-electron chi connectivity index (χ4n) is 1.80. The smallest absolute Gasteiger partial charge is 0.123 e. The van der Waals surface area contributed by atoms with E-state index in [1.807, 2.05) is 19.1 Å². The molecular formula is C14H14FNO. The molecule has 1 aromatic heterocycles. The van der Waals surface area contributed by atoms with Crippen LogP contribution >= 0.6 is 0 Å². The van der Waals surface area contributed by atoms with Crippen molar-refractivity contribution in [3.8, 4) is 0 Å². The van der Waals surface area contributed by atoms with Gasteiger partial charge in [-0.2, -0.15) is 0 Å². The summed E-state index contributed by atoms with van der Waals surface area (Å²) in [5, 5.41) is 10.2. The van der Waals surface area contributed by atoms with Crippen molar-refractivity contribution in [1.82, 2.24) is 4.98 Å². The van der Waals surface area contributed by atoms with Gasteiger partial charge < -0.3 is 5.11 Å². The van der Waals surface area contributed by atoms with Crippen LogP contribution in [0.4, 0.5) is 4.39 Å². The van der Waals surface area contributed by atoms with Crippen molar-refractivity contribution in [2.75, 3.05) is 0 Å². The van der Waals surface area contributed by atoms with Gasteiger partial charge in [-0.05, 0) is 35.4 Å². The predicted octanol–water partition coefficient (Wildman–Crippen LogP) is 3.06. The molecule has 0 spiro atoms. The first-order valence-corrected chi connectivity index (χ1v) is 5.52. The second-order valence-electron chi connectivity index (χ2n) is 4.07. The minimum atomic E-state index is -0.641. The molecule has 0 saturated carbocycles. The van der Waals surface area contributed by atoms with Crippen LogP contribution in [0.1, 0.15) is 30.1 Å². The minimum absolute atomic E-state index is 0.0524. The summed E-state index contributed by atoms with van der Waals surface area (Å²) in [6.45, 7) is 1.93. The van der Waals surface area contributed by atoms with Crippen LogP contribution < -0.4 is 0 Å². The van der Waals surface area contributed by atoms with Crippen LogP contribution in [-0.4, -0.2) is 10.1 Å².